The molecule has 7 heteroatoms. The minimum absolute atomic E-state index is 0.0722. The molecule has 0 radical (unpaired) electrons. The Morgan fingerprint density at radius 1 is 1.63 bits per heavy atom. The van der Waals surface area contributed by atoms with Crippen molar-refractivity contribution >= 4 is 33.9 Å². The van der Waals surface area contributed by atoms with Crippen molar-refractivity contribution in [2.45, 2.75) is 0 Å². The zero-order valence-corrected chi connectivity index (χ0v) is 10.4. The lowest BCUT2D eigenvalue weighted by Gasteiger charge is -2.09. The molecule has 2 rings (SSSR count). The van der Waals surface area contributed by atoms with E-state index in [0.29, 0.717) is 5.03 Å². The molecule has 0 spiro atoms. The maximum Gasteiger partial charge on any atom is 0.281 e. The molecule has 1 N–H and O–H groups in total. The molecule has 1 heterocycles. The first kappa shape index (κ1) is 13.2. The average molecular weight is 282 g/mol. The van der Waals surface area contributed by atoms with Gasteiger partial charge in [0.2, 0.25) is 0 Å². The van der Waals surface area contributed by atoms with Crippen LogP contribution in [0.5, 0.6) is 0 Å². The van der Waals surface area contributed by atoms with Crippen LogP contribution in [0.15, 0.2) is 36.0 Å². The van der Waals surface area contributed by atoms with Gasteiger partial charge in [0.05, 0.1) is 28.6 Å². The van der Waals surface area contributed by atoms with E-state index in [-0.39, 0.29) is 28.8 Å². The van der Waals surface area contributed by atoms with Crippen LogP contribution >= 0.6 is 11.6 Å². The van der Waals surface area contributed by atoms with Crippen molar-refractivity contribution in [3.05, 3.63) is 51.9 Å². The number of pyridine rings is 1. The normalized spacial score (nSPS) is 10.4. The maximum atomic E-state index is 13.9. The number of aromatic nitrogens is 1. The highest BCUT2D eigenvalue weighted by Crippen LogP contribution is 2.32. The Morgan fingerprint density at radius 3 is 3.00 bits per heavy atom. The van der Waals surface area contributed by atoms with Gasteiger partial charge in [0.25, 0.3) is 5.69 Å². The lowest BCUT2D eigenvalue weighted by molar-refractivity contribution is -0.383. The van der Waals surface area contributed by atoms with E-state index in [9.17, 15) is 14.5 Å². The maximum absolute atomic E-state index is 13.9. The number of halogens is 2. The van der Waals surface area contributed by atoms with Crippen LogP contribution in [0.1, 0.15) is 0 Å². The Kier molecular flexibility index (Phi) is 3.62. The third-order valence-electron chi connectivity index (χ3n) is 2.48. The van der Waals surface area contributed by atoms with Gasteiger partial charge in [-0.2, -0.15) is 0 Å². The number of hydrogen-bond donors (Lipinski definition) is 1. The van der Waals surface area contributed by atoms with Crippen LogP contribution in [0.4, 0.5) is 15.8 Å². The lowest BCUT2D eigenvalue weighted by Crippen LogP contribution is -2.05. The summed E-state index contributed by atoms with van der Waals surface area (Å²) in [5.74, 6) is -0.754. The highest BCUT2D eigenvalue weighted by Gasteiger charge is 2.19. The van der Waals surface area contributed by atoms with Crippen LogP contribution in [-0.4, -0.2) is 16.5 Å². The molecule has 19 heavy (non-hydrogen) atoms. The Morgan fingerprint density at radius 2 is 2.37 bits per heavy atom. The largest absolute Gasteiger partial charge is 0.376 e. The van der Waals surface area contributed by atoms with E-state index in [2.05, 4.69) is 16.9 Å². The van der Waals surface area contributed by atoms with Crippen LogP contribution in [0, 0.1) is 15.9 Å². The SMILES string of the molecule is C=C(Cl)CNc1c(F)cc([N+](=O)[O-])c2cccnc12. The quantitative estimate of drug-likeness (QED) is 0.688. The predicted octanol–water partition coefficient (Wildman–Crippen LogP) is 3.45. The van der Waals surface area contributed by atoms with Crippen molar-refractivity contribution in [1.82, 2.24) is 4.98 Å². The molecule has 0 saturated heterocycles. The van der Waals surface area contributed by atoms with E-state index < -0.39 is 10.7 Å². The molecule has 0 atom stereocenters. The van der Waals surface area contributed by atoms with Crippen molar-refractivity contribution in [1.29, 1.82) is 0 Å². The van der Waals surface area contributed by atoms with Crippen LogP contribution < -0.4 is 5.32 Å². The van der Waals surface area contributed by atoms with Crippen LogP contribution in [-0.2, 0) is 0 Å². The second kappa shape index (κ2) is 5.19. The summed E-state index contributed by atoms with van der Waals surface area (Å²) in [5, 5.41) is 14.2. The topological polar surface area (TPSA) is 68.1 Å². The van der Waals surface area contributed by atoms with Crippen molar-refractivity contribution in [3.8, 4) is 0 Å². The summed E-state index contributed by atoms with van der Waals surface area (Å²) in [6, 6.07) is 3.93. The Bertz CT molecular complexity index is 675. The number of fused-ring (bicyclic) bond motifs is 1. The Labute approximate surface area is 112 Å². The number of benzene rings is 1. The van der Waals surface area contributed by atoms with Gasteiger partial charge in [0, 0.05) is 11.2 Å². The number of rotatable bonds is 4. The zero-order chi connectivity index (χ0) is 14.0. The van der Waals surface area contributed by atoms with Gasteiger partial charge >= 0.3 is 0 Å². The summed E-state index contributed by atoms with van der Waals surface area (Å²) >= 11 is 5.60. The highest BCUT2D eigenvalue weighted by atomic mass is 35.5. The van der Waals surface area contributed by atoms with Gasteiger partial charge in [0.15, 0.2) is 5.82 Å². The van der Waals surface area contributed by atoms with E-state index in [1.165, 1.54) is 12.3 Å². The first-order valence-corrected chi connectivity index (χ1v) is 5.67. The fraction of sp³-hybridized carbons (Fsp3) is 0.0833. The number of nitro benzene ring substituents is 1. The van der Waals surface area contributed by atoms with Crippen molar-refractivity contribution in [3.63, 3.8) is 0 Å². The summed E-state index contributed by atoms with van der Waals surface area (Å²) in [6.45, 7) is 3.62. The van der Waals surface area contributed by atoms with Gasteiger partial charge in [-0.05, 0) is 12.1 Å². The molecule has 0 saturated carbocycles. The van der Waals surface area contributed by atoms with Crippen molar-refractivity contribution < 1.29 is 9.31 Å². The van der Waals surface area contributed by atoms with Crippen LogP contribution in [0.25, 0.3) is 10.9 Å². The summed E-state index contributed by atoms with van der Waals surface area (Å²) < 4.78 is 13.9. The minimum Gasteiger partial charge on any atom is -0.376 e. The monoisotopic (exact) mass is 281 g/mol. The van der Waals surface area contributed by atoms with Crippen molar-refractivity contribution in [2.24, 2.45) is 0 Å². The first-order valence-electron chi connectivity index (χ1n) is 5.29. The molecule has 0 unspecified atom stereocenters. The second-order valence-electron chi connectivity index (χ2n) is 3.78. The molecule has 1 aromatic heterocycles. The molecule has 0 fully saturated rings. The molecule has 2 aromatic rings. The van der Waals surface area contributed by atoms with E-state index in [1.807, 2.05) is 0 Å². The smallest absolute Gasteiger partial charge is 0.281 e. The molecule has 0 bridgehead atoms. The third-order valence-corrected chi connectivity index (χ3v) is 2.61. The third kappa shape index (κ3) is 2.63. The number of hydrogen-bond acceptors (Lipinski definition) is 4. The van der Waals surface area contributed by atoms with Gasteiger partial charge in [0.1, 0.15) is 5.52 Å². The molecule has 0 aliphatic heterocycles. The second-order valence-corrected chi connectivity index (χ2v) is 4.31. The Hall–Kier alpha value is -2.21. The van der Waals surface area contributed by atoms with Crippen LogP contribution in [0.3, 0.4) is 0 Å². The molecule has 98 valence electrons. The fourth-order valence-corrected chi connectivity index (χ4v) is 1.76. The van der Waals surface area contributed by atoms with Gasteiger partial charge in [-0.3, -0.25) is 15.1 Å². The number of anilines is 1. The summed E-state index contributed by atoms with van der Waals surface area (Å²) in [6.07, 6.45) is 1.44. The molecular weight excluding hydrogens is 273 g/mol. The molecule has 0 aliphatic rings. The van der Waals surface area contributed by atoms with Gasteiger partial charge < -0.3 is 5.32 Å². The average Bonchev–Trinajstić information content (AvgIpc) is 2.36. The summed E-state index contributed by atoms with van der Waals surface area (Å²) in [5.41, 5.74) is -0.0639. The molecular formula is C12H9ClFN3O2. The zero-order valence-electron chi connectivity index (χ0n) is 9.69. The number of nitro groups is 1. The van der Waals surface area contributed by atoms with E-state index >= 15 is 0 Å². The number of nitrogens with one attached hydrogen (secondary N) is 1. The Balaban J connectivity index is 2.65. The number of non-ortho nitro benzene ring substituents is 1. The van der Waals surface area contributed by atoms with E-state index in [0.717, 1.165) is 6.07 Å². The first-order chi connectivity index (χ1) is 9.00. The highest BCUT2D eigenvalue weighted by molar-refractivity contribution is 6.29. The number of nitrogens with zero attached hydrogens (tertiary/aromatic N) is 2. The van der Waals surface area contributed by atoms with Crippen LogP contribution in [0.2, 0.25) is 0 Å². The molecule has 0 aliphatic carbocycles. The van der Waals surface area contributed by atoms with E-state index in [4.69, 9.17) is 11.6 Å². The lowest BCUT2D eigenvalue weighted by atomic mass is 10.1. The summed E-state index contributed by atoms with van der Waals surface area (Å²) in [4.78, 5) is 14.2. The minimum atomic E-state index is -0.754. The molecule has 1 aromatic carbocycles. The molecule has 0 amide bonds. The van der Waals surface area contributed by atoms with Crippen molar-refractivity contribution in [2.75, 3.05) is 11.9 Å². The van der Waals surface area contributed by atoms with Gasteiger partial charge in [-0.25, -0.2) is 4.39 Å². The van der Waals surface area contributed by atoms with Gasteiger partial charge in [-0.1, -0.05) is 18.2 Å². The fourth-order valence-electron chi connectivity index (χ4n) is 1.70. The summed E-state index contributed by atoms with van der Waals surface area (Å²) in [7, 11) is 0. The predicted molar refractivity (Wildman–Crippen MR) is 71.8 cm³/mol. The molecule has 5 nitrogen and oxygen atoms in total. The standard InChI is InChI=1S/C12H9ClFN3O2/c1-7(13)6-16-12-9(14)5-10(17(18)19)8-3-2-4-15-11(8)12/h2-5,16H,1,6H2. The van der Waals surface area contributed by atoms with E-state index in [1.54, 1.807) is 6.07 Å². The van der Waals surface area contributed by atoms with Gasteiger partial charge in [-0.15, -0.1) is 0 Å².